The second kappa shape index (κ2) is 8.66. The van der Waals surface area contributed by atoms with Gasteiger partial charge >= 0.3 is 0 Å². The quantitative estimate of drug-likeness (QED) is 0.574. The Kier molecular flexibility index (Phi) is 8.71. The molecular formula is C9H21NO2S. The monoisotopic (exact) mass is 207 g/mol. The zero-order chi connectivity index (χ0) is 10.1. The van der Waals surface area contributed by atoms with Crippen LogP contribution in [0.1, 0.15) is 32.6 Å². The van der Waals surface area contributed by atoms with Crippen molar-refractivity contribution in [3.8, 4) is 0 Å². The second-order valence-corrected chi connectivity index (χ2v) is 4.91. The average molecular weight is 207 g/mol. The lowest BCUT2D eigenvalue weighted by Crippen LogP contribution is -2.28. The summed E-state index contributed by atoms with van der Waals surface area (Å²) < 4.78 is 11.4. The van der Waals surface area contributed by atoms with Crippen LogP contribution < -0.4 is 5.73 Å². The molecule has 0 aromatic carbocycles. The number of nitrogens with two attached hydrogens (primary N) is 1. The van der Waals surface area contributed by atoms with Crippen LogP contribution in [-0.4, -0.2) is 33.5 Å². The predicted octanol–water partition coefficient (Wildman–Crippen LogP) is 0.635. The Hall–Kier alpha value is 0.0700. The van der Waals surface area contributed by atoms with E-state index in [-0.39, 0.29) is 12.6 Å². The Morgan fingerprint density at radius 3 is 2.69 bits per heavy atom. The molecule has 0 aliphatic rings. The molecule has 0 radical (unpaired) electrons. The molecule has 2 atom stereocenters. The molecule has 0 amide bonds. The van der Waals surface area contributed by atoms with E-state index in [9.17, 15) is 4.21 Å². The summed E-state index contributed by atoms with van der Waals surface area (Å²) in [5.74, 6) is 1.29. The molecule has 80 valence electrons. The predicted molar refractivity (Wildman–Crippen MR) is 57.1 cm³/mol. The zero-order valence-corrected chi connectivity index (χ0v) is 9.18. The van der Waals surface area contributed by atoms with E-state index < -0.39 is 10.8 Å². The molecule has 0 rings (SSSR count). The van der Waals surface area contributed by atoms with Crippen LogP contribution in [0, 0.1) is 0 Å². The van der Waals surface area contributed by atoms with Crippen LogP contribution in [0.4, 0.5) is 0 Å². The molecule has 0 saturated carbocycles. The minimum Gasteiger partial charge on any atom is -0.396 e. The maximum atomic E-state index is 11.4. The molecule has 0 aliphatic heterocycles. The maximum Gasteiger partial charge on any atom is 0.0446 e. The van der Waals surface area contributed by atoms with Gasteiger partial charge in [0.2, 0.25) is 0 Å². The largest absolute Gasteiger partial charge is 0.396 e. The first-order valence-electron chi connectivity index (χ1n) is 4.92. The maximum absolute atomic E-state index is 11.4. The van der Waals surface area contributed by atoms with Crippen molar-refractivity contribution in [2.75, 3.05) is 18.1 Å². The SMILES string of the molecule is CCCCCS(=O)CC(N)CCO. The molecule has 13 heavy (non-hydrogen) atoms. The number of rotatable bonds is 8. The van der Waals surface area contributed by atoms with Crippen molar-refractivity contribution in [1.82, 2.24) is 0 Å². The minimum absolute atomic E-state index is 0.0906. The van der Waals surface area contributed by atoms with Crippen LogP contribution in [0.25, 0.3) is 0 Å². The highest BCUT2D eigenvalue weighted by atomic mass is 32.2. The van der Waals surface area contributed by atoms with Crippen molar-refractivity contribution in [2.45, 2.75) is 38.6 Å². The third-order valence-corrected chi connectivity index (χ3v) is 3.42. The van der Waals surface area contributed by atoms with E-state index in [2.05, 4.69) is 6.92 Å². The van der Waals surface area contributed by atoms with Crippen LogP contribution >= 0.6 is 0 Å². The summed E-state index contributed by atoms with van der Waals surface area (Å²) in [7, 11) is -0.789. The molecule has 0 aliphatic carbocycles. The average Bonchev–Trinajstić information content (AvgIpc) is 2.05. The van der Waals surface area contributed by atoms with Gasteiger partial charge in [-0.3, -0.25) is 4.21 Å². The van der Waals surface area contributed by atoms with E-state index in [0.29, 0.717) is 12.2 Å². The van der Waals surface area contributed by atoms with E-state index in [1.54, 1.807) is 0 Å². The van der Waals surface area contributed by atoms with Gasteiger partial charge in [0, 0.05) is 35.0 Å². The normalized spacial score (nSPS) is 15.6. The number of hydrogen-bond donors (Lipinski definition) is 2. The molecule has 0 heterocycles. The topological polar surface area (TPSA) is 63.3 Å². The fourth-order valence-electron chi connectivity index (χ4n) is 1.08. The Morgan fingerprint density at radius 1 is 1.46 bits per heavy atom. The van der Waals surface area contributed by atoms with Crippen LogP contribution in [0.2, 0.25) is 0 Å². The van der Waals surface area contributed by atoms with Gasteiger partial charge in [-0.2, -0.15) is 0 Å². The summed E-state index contributed by atoms with van der Waals surface area (Å²) in [6.45, 7) is 2.22. The van der Waals surface area contributed by atoms with E-state index in [4.69, 9.17) is 10.8 Å². The lowest BCUT2D eigenvalue weighted by molar-refractivity contribution is 0.279. The molecule has 0 aromatic rings. The first-order valence-corrected chi connectivity index (χ1v) is 6.41. The van der Waals surface area contributed by atoms with Crippen molar-refractivity contribution in [3.63, 3.8) is 0 Å². The van der Waals surface area contributed by atoms with Crippen molar-refractivity contribution in [2.24, 2.45) is 5.73 Å². The molecule has 0 spiro atoms. The third-order valence-electron chi connectivity index (χ3n) is 1.88. The van der Waals surface area contributed by atoms with Crippen LogP contribution in [-0.2, 0) is 10.8 Å². The van der Waals surface area contributed by atoms with Gasteiger partial charge in [0.05, 0.1) is 0 Å². The Morgan fingerprint density at radius 2 is 2.15 bits per heavy atom. The Labute approximate surface area is 83.2 Å². The molecule has 2 unspecified atom stereocenters. The van der Waals surface area contributed by atoms with E-state index in [0.717, 1.165) is 25.0 Å². The molecule has 0 fully saturated rings. The summed E-state index contributed by atoms with van der Waals surface area (Å²) in [6.07, 6.45) is 3.87. The fourth-order valence-corrected chi connectivity index (χ4v) is 2.42. The second-order valence-electron chi connectivity index (χ2n) is 3.29. The molecule has 4 heteroatoms. The van der Waals surface area contributed by atoms with Gasteiger partial charge in [0.15, 0.2) is 0 Å². The van der Waals surface area contributed by atoms with Gasteiger partial charge in [0.1, 0.15) is 0 Å². The molecule has 3 nitrogen and oxygen atoms in total. The van der Waals surface area contributed by atoms with Crippen molar-refractivity contribution in [3.05, 3.63) is 0 Å². The highest BCUT2D eigenvalue weighted by molar-refractivity contribution is 7.85. The highest BCUT2D eigenvalue weighted by Gasteiger charge is 2.06. The van der Waals surface area contributed by atoms with E-state index >= 15 is 0 Å². The Bertz CT molecular complexity index is 142. The van der Waals surface area contributed by atoms with Crippen molar-refractivity contribution < 1.29 is 9.32 Å². The van der Waals surface area contributed by atoms with Gasteiger partial charge in [-0.05, 0) is 12.8 Å². The molecular weight excluding hydrogens is 186 g/mol. The smallest absolute Gasteiger partial charge is 0.0446 e. The first kappa shape index (κ1) is 13.1. The van der Waals surface area contributed by atoms with Gasteiger partial charge in [0.25, 0.3) is 0 Å². The van der Waals surface area contributed by atoms with Gasteiger partial charge < -0.3 is 10.8 Å². The molecule has 0 aromatic heterocycles. The summed E-state index contributed by atoms with van der Waals surface area (Å²) in [4.78, 5) is 0. The number of aliphatic hydroxyl groups is 1. The summed E-state index contributed by atoms with van der Waals surface area (Å²) in [5.41, 5.74) is 5.64. The number of hydrogen-bond acceptors (Lipinski definition) is 3. The standard InChI is InChI=1S/C9H21NO2S/c1-2-3-4-7-13(12)8-9(10)5-6-11/h9,11H,2-8,10H2,1H3. The lowest BCUT2D eigenvalue weighted by atomic mass is 10.3. The first-order chi connectivity index (χ1) is 6.20. The highest BCUT2D eigenvalue weighted by Crippen LogP contribution is 1.98. The van der Waals surface area contributed by atoms with Crippen LogP contribution in [0.3, 0.4) is 0 Å². The van der Waals surface area contributed by atoms with E-state index in [1.807, 2.05) is 0 Å². The van der Waals surface area contributed by atoms with Gasteiger partial charge in [-0.25, -0.2) is 0 Å². The number of unbranched alkanes of at least 4 members (excludes halogenated alkanes) is 2. The zero-order valence-electron chi connectivity index (χ0n) is 8.37. The summed E-state index contributed by atoms with van der Waals surface area (Å²) in [6, 6.07) is -0.104. The summed E-state index contributed by atoms with van der Waals surface area (Å²) >= 11 is 0. The van der Waals surface area contributed by atoms with Crippen molar-refractivity contribution >= 4 is 10.8 Å². The van der Waals surface area contributed by atoms with E-state index in [1.165, 1.54) is 0 Å². The minimum atomic E-state index is -0.789. The van der Waals surface area contributed by atoms with Crippen LogP contribution in [0.5, 0.6) is 0 Å². The van der Waals surface area contributed by atoms with Gasteiger partial charge in [-0.1, -0.05) is 19.8 Å². The van der Waals surface area contributed by atoms with Gasteiger partial charge in [-0.15, -0.1) is 0 Å². The third kappa shape index (κ3) is 8.40. The number of aliphatic hydroxyl groups excluding tert-OH is 1. The van der Waals surface area contributed by atoms with Crippen molar-refractivity contribution in [1.29, 1.82) is 0 Å². The lowest BCUT2D eigenvalue weighted by Gasteiger charge is -2.08. The van der Waals surface area contributed by atoms with Crippen LogP contribution in [0.15, 0.2) is 0 Å². The summed E-state index contributed by atoms with van der Waals surface area (Å²) in [5, 5.41) is 8.58. The fraction of sp³-hybridized carbons (Fsp3) is 1.00. The molecule has 0 bridgehead atoms. The molecule has 3 N–H and O–H groups in total. The molecule has 0 saturated heterocycles. The Balaban J connectivity index is 3.38.